The van der Waals surface area contributed by atoms with Crippen molar-refractivity contribution in [1.29, 1.82) is 0 Å². The van der Waals surface area contributed by atoms with Crippen LogP contribution >= 0.6 is 0 Å². The molecule has 1 N–H and O–H groups in total. The number of aromatic nitrogens is 4. The molecule has 0 saturated carbocycles. The SMILES string of the molecule is COc1ccc(-n2ncc(C(=O)Nc3cccc(OC(F)(F)F)c3)c2C(F)(F)F)nn1. The van der Waals surface area contributed by atoms with E-state index in [1.807, 2.05) is 0 Å². The van der Waals surface area contributed by atoms with Crippen LogP contribution in [0.15, 0.2) is 42.6 Å². The monoisotopic (exact) mass is 447 g/mol. The van der Waals surface area contributed by atoms with Crippen molar-refractivity contribution in [1.82, 2.24) is 20.0 Å². The van der Waals surface area contributed by atoms with Crippen molar-refractivity contribution in [2.24, 2.45) is 0 Å². The first-order valence-electron chi connectivity index (χ1n) is 8.18. The molecule has 0 atom stereocenters. The fourth-order valence-corrected chi connectivity index (χ4v) is 2.47. The average Bonchev–Trinajstić information content (AvgIpc) is 3.13. The van der Waals surface area contributed by atoms with Crippen molar-refractivity contribution >= 4 is 11.6 Å². The molecule has 1 aromatic carbocycles. The van der Waals surface area contributed by atoms with E-state index in [9.17, 15) is 31.1 Å². The van der Waals surface area contributed by atoms with Gasteiger partial charge in [-0.05, 0) is 18.2 Å². The van der Waals surface area contributed by atoms with Gasteiger partial charge in [0.1, 0.15) is 5.75 Å². The molecule has 3 aromatic rings. The number of rotatable bonds is 5. The van der Waals surface area contributed by atoms with Crippen LogP contribution in [-0.4, -0.2) is 39.4 Å². The molecule has 164 valence electrons. The molecule has 0 fully saturated rings. The zero-order chi connectivity index (χ0) is 22.8. The van der Waals surface area contributed by atoms with Gasteiger partial charge in [-0.2, -0.15) is 18.3 Å². The first kappa shape index (κ1) is 21.9. The molecule has 0 aliphatic rings. The number of hydrogen-bond donors (Lipinski definition) is 1. The zero-order valence-corrected chi connectivity index (χ0v) is 15.3. The third kappa shape index (κ3) is 5.21. The predicted molar refractivity (Wildman–Crippen MR) is 91.8 cm³/mol. The molecule has 0 saturated heterocycles. The van der Waals surface area contributed by atoms with E-state index in [-0.39, 0.29) is 17.4 Å². The highest BCUT2D eigenvalue weighted by molar-refractivity contribution is 6.05. The number of carbonyl (C=O) groups is 1. The number of alkyl halides is 6. The van der Waals surface area contributed by atoms with Gasteiger partial charge < -0.3 is 14.8 Å². The maximum atomic E-state index is 13.7. The van der Waals surface area contributed by atoms with Crippen molar-refractivity contribution in [3.63, 3.8) is 0 Å². The molecular weight excluding hydrogens is 436 g/mol. The lowest BCUT2D eigenvalue weighted by atomic mass is 10.2. The molecule has 3 rings (SSSR count). The highest BCUT2D eigenvalue weighted by Crippen LogP contribution is 2.34. The Balaban J connectivity index is 1.93. The summed E-state index contributed by atoms with van der Waals surface area (Å²) < 4.78 is 86.8. The van der Waals surface area contributed by atoms with E-state index in [1.165, 1.54) is 19.2 Å². The van der Waals surface area contributed by atoms with Crippen LogP contribution in [0, 0.1) is 0 Å². The summed E-state index contributed by atoms with van der Waals surface area (Å²) in [6.07, 6.45) is -9.35. The Hall–Kier alpha value is -3.84. The number of nitrogens with zero attached hydrogens (tertiary/aromatic N) is 4. The Morgan fingerprint density at radius 1 is 1.06 bits per heavy atom. The van der Waals surface area contributed by atoms with Crippen LogP contribution < -0.4 is 14.8 Å². The molecule has 8 nitrogen and oxygen atoms in total. The summed E-state index contributed by atoms with van der Waals surface area (Å²) in [7, 11) is 1.29. The van der Waals surface area contributed by atoms with Gasteiger partial charge in [-0.15, -0.1) is 23.4 Å². The van der Waals surface area contributed by atoms with Crippen LogP contribution in [0.3, 0.4) is 0 Å². The quantitative estimate of drug-likeness (QED) is 0.598. The lowest BCUT2D eigenvalue weighted by molar-refractivity contribution is -0.274. The molecule has 0 spiro atoms. The highest BCUT2D eigenvalue weighted by Gasteiger charge is 2.41. The van der Waals surface area contributed by atoms with E-state index >= 15 is 0 Å². The Labute approximate surface area is 169 Å². The van der Waals surface area contributed by atoms with E-state index in [4.69, 9.17) is 4.74 Å². The minimum Gasteiger partial charge on any atom is -0.480 e. The van der Waals surface area contributed by atoms with Gasteiger partial charge in [0.15, 0.2) is 11.5 Å². The normalized spacial score (nSPS) is 11.8. The van der Waals surface area contributed by atoms with E-state index < -0.39 is 35.5 Å². The Morgan fingerprint density at radius 2 is 1.81 bits per heavy atom. The number of halogens is 6. The van der Waals surface area contributed by atoms with Gasteiger partial charge in [0.25, 0.3) is 5.91 Å². The fourth-order valence-electron chi connectivity index (χ4n) is 2.47. The van der Waals surface area contributed by atoms with Gasteiger partial charge in [0.2, 0.25) is 5.88 Å². The number of hydrogen-bond acceptors (Lipinski definition) is 6. The number of nitrogens with one attached hydrogen (secondary N) is 1. The summed E-state index contributed by atoms with van der Waals surface area (Å²) in [4.78, 5) is 12.4. The Bertz CT molecular complexity index is 1080. The van der Waals surface area contributed by atoms with E-state index in [2.05, 4.69) is 25.3 Å². The molecule has 2 heterocycles. The number of methoxy groups -OCH3 is 1. The lowest BCUT2D eigenvalue weighted by Gasteiger charge is -2.13. The molecule has 14 heteroatoms. The maximum Gasteiger partial charge on any atom is 0.573 e. The summed E-state index contributed by atoms with van der Waals surface area (Å²) >= 11 is 0. The summed E-state index contributed by atoms with van der Waals surface area (Å²) in [6.45, 7) is 0. The number of amides is 1. The van der Waals surface area contributed by atoms with Crippen molar-refractivity contribution in [3.05, 3.63) is 53.9 Å². The molecule has 0 bridgehead atoms. The zero-order valence-electron chi connectivity index (χ0n) is 15.3. The minimum atomic E-state index is -5.02. The molecule has 1 amide bonds. The number of carbonyl (C=O) groups excluding carboxylic acids is 1. The summed E-state index contributed by atoms with van der Waals surface area (Å²) in [5.41, 5.74) is -2.56. The maximum absolute atomic E-state index is 13.7. The number of ether oxygens (including phenoxy) is 2. The molecule has 2 aromatic heterocycles. The van der Waals surface area contributed by atoms with E-state index in [1.54, 1.807) is 0 Å². The molecule has 31 heavy (non-hydrogen) atoms. The molecule has 0 aliphatic heterocycles. The van der Waals surface area contributed by atoms with Gasteiger partial charge in [0, 0.05) is 17.8 Å². The Morgan fingerprint density at radius 3 is 2.39 bits per heavy atom. The van der Waals surface area contributed by atoms with Gasteiger partial charge in [0.05, 0.1) is 18.9 Å². The predicted octanol–water partition coefficient (Wildman–Crippen LogP) is 3.84. The summed E-state index contributed by atoms with van der Waals surface area (Å²) in [5.74, 6) is -2.22. The Kier molecular flexibility index (Phi) is 5.73. The molecule has 0 unspecified atom stereocenters. The van der Waals surface area contributed by atoms with E-state index in [0.717, 1.165) is 24.3 Å². The van der Waals surface area contributed by atoms with Crippen molar-refractivity contribution < 1.29 is 40.6 Å². The topological polar surface area (TPSA) is 91.2 Å². The smallest absolute Gasteiger partial charge is 0.480 e. The van der Waals surface area contributed by atoms with Crippen molar-refractivity contribution in [2.45, 2.75) is 12.5 Å². The van der Waals surface area contributed by atoms with Crippen LogP contribution in [0.4, 0.5) is 32.0 Å². The van der Waals surface area contributed by atoms with Crippen LogP contribution in [-0.2, 0) is 6.18 Å². The molecule has 0 radical (unpaired) electrons. The van der Waals surface area contributed by atoms with Gasteiger partial charge in [-0.1, -0.05) is 6.07 Å². The van der Waals surface area contributed by atoms with Crippen molar-refractivity contribution in [3.8, 4) is 17.4 Å². The molecule has 0 aliphatic carbocycles. The number of anilines is 1. The largest absolute Gasteiger partial charge is 0.573 e. The standard InChI is InChI=1S/C17H11F6N5O3/c1-30-13-6-5-12(26-27-13)28-14(16(18,19)20)11(8-24-28)15(29)25-9-3-2-4-10(7-9)31-17(21,22)23/h2-8H,1H3,(H,25,29). The third-order valence-corrected chi connectivity index (χ3v) is 3.66. The van der Waals surface area contributed by atoms with Crippen LogP contribution in [0.25, 0.3) is 5.82 Å². The summed E-state index contributed by atoms with van der Waals surface area (Å²) in [5, 5.41) is 12.8. The lowest BCUT2D eigenvalue weighted by Crippen LogP contribution is -2.21. The first-order valence-corrected chi connectivity index (χ1v) is 8.18. The van der Waals surface area contributed by atoms with Crippen LogP contribution in [0.5, 0.6) is 11.6 Å². The molecular formula is C17H11F6N5O3. The fraction of sp³-hybridized carbons (Fsp3) is 0.176. The van der Waals surface area contributed by atoms with Crippen molar-refractivity contribution in [2.75, 3.05) is 12.4 Å². The van der Waals surface area contributed by atoms with Crippen LogP contribution in [0.1, 0.15) is 16.1 Å². The van der Waals surface area contributed by atoms with Gasteiger partial charge >= 0.3 is 12.5 Å². The second-order valence-electron chi connectivity index (χ2n) is 5.78. The second kappa shape index (κ2) is 8.12. The minimum absolute atomic E-state index is 0.0448. The highest BCUT2D eigenvalue weighted by atomic mass is 19.4. The van der Waals surface area contributed by atoms with E-state index in [0.29, 0.717) is 10.9 Å². The average molecular weight is 447 g/mol. The number of benzene rings is 1. The van der Waals surface area contributed by atoms with Crippen LogP contribution in [0.2, 0.25) is 0 Å². The second-order valence-corrected chi connectivity index (χ2v) is 5.78. The third-order valence-electron chi connectivity index (χ3n) is 3.66. The van der Waals surface area contributed by atoms with Gasteiger partial charge in [-0.3, -0.25) is 4.79 Å². The summed E-state index contributed by atoms with van der Waals surface area (Å²) in [6, 6.07) is 6.46. The first-order chi connectivity index (χ1) is 14.5. The van der Waals surface area contributed by atoms with Gasteiger partial charge in [-0.25, -0.2) is 4.68 Å².